The highest BCUT2D eigenvalue weighted by Gasteiger charge is 2.28. The van der Waals surface area contributed by atoms with Crippen LogP contribution in [0.15, 0.2) is 10.5 Å². The van der Waals surface area contributed by atoms with Crippen molar-refractivity contribution < 1.29 is 14.4 Å². The average molecular weight is 223 g/mol. The Balaban J connectivity index is 2.14. The number of aryl methyl sites for hydroxylation is 2. The fraction of sp³-hybridized carbons (Fsp3) is 0.583. The van der Waals surface area contributed by atoms with Gasteiger partial charge in [0.1, 0.15) is 11.5 Å². The molecule has 0 radical (unpaired) electrons. The summed E-state index contributed by atoms with van der Waals surface area (Å²) in [5.41, 5.74) is 0.465. The fourth-order valence-corrected chi connectivity index (χ4v) is 2.28. The third-order valence-corrected chi connectivity index (χ3v) is 3.15. The van der Waals surface area contributed by atoms with Gasteiger partial charge >= 0.3 is 0 Å². The minimum Gasteiger partial charge on any atom is -0.466 e. The molecule has 0 bridgehead atoms. The molecule has 0 atom stereocenters. The van der Waals surface area contributed by atoms with Crippen LogP contribution in [-0.4, -0.2) is 22.2 Å². The van der Waals surface area contributed by atoms with Crippen LogP contribution < -0.4 is 0 Å². The quantitative estimate of drug-likeness (QED) is 0.619. The molecule has 1 aliphatic rings. The van der Waals surface area contributed by atoms with Crippen molar-refractivity contribution in [2.45, 2.75) is 45.6 Å². The molecule has 1 aromatic heterocycles. The molecule has 16 heavy (non-hydrogen) atoms. The van der Waals surface area contributed by atoms with E-state index in [0.29, 0.717) is 17.1 Å². The van der Waals surface area contributed by atoms with Crippen molar-refractivity contribution in [3.63, 3.8) is 0 Å². The molecule has 1 saturated carbocycles. The number of hydroxylamine groups is 2. The number of hydrogen-bond donors (Lipinski definition) is 1. The zero-order valence-corrected chi connectivity index (χ0v) is 9.69. The van der Waals surface area contributed by atoms with Gasteiger partial charge < -0.3 is 4.42 Å². The summed E-state index contributed by atoms with van der Waals surface area (Å²) in [7, 11) is 0. The van der Waals surface area contributed by atoms with Crippen LogP contribution in [-0.2, 0) is 0 Å². The first-order valence-corrected chi connectivity index (χ1v) is 5.69. The summed E-state index contributed by atoms with van der Waals surface area (Å²) >= 11 is 0. The Labute approximate surface area is 94.8 Å². The second-order valence-corrected chi connectivity index (χ2v) is 4.41. The summed E-state index contributed by atoms with van der Waals surface area (Å²) in [5, 5.41) is 10.7. The van der Waals surface area contributed by atoms with Crippen LogP contribution in [0.3, 0.4) is 0 Å². The molecule has 1 N–H and O–H groups in total. The number of furan rings is 1. The van der Waals surface area contributed by atoms with Crippen LogP contribution in [0.1, 0.15) is 47.6 Å². The molecular formula is C12H17NO3. The molecular weight excluding hydrogens is 206 g/mol. The van der Waals surface area contributed by atoms with Gasteiger partial charge in [-0.25, -0.2) is 5.06 Å². The lowest BCUT2D eigenvalue weighted by atomic mass is 10.2. The first kappa shape index (κ1) is 11.2. The van der Waals surface area contributed by atoms with Gasteiger partial charge in [-0.15, -0.1) is 0 Å². The summed E-state index contributed by atoms with van der Waals surface area (Å²) in [5.74, 6) is 0.918. The lowest BCUT2D eigenvalue weighted by molar-refractivity contribution is -0.0868. The van der Waals surface area contributed by atoms with Crippen molar-refractivity contribution in [1.29, 1.82) is 0 Å². The van der Waals surface area contributed by atoms with Crippen LogP contribution in [0.25, 0.3) is 0 Å². The summed E-state index contributed by atoms with van der Waals surface area (Å²) in [4.78, 5) is 12.0. The predicted molar refractivity (Wildman–Crippen MR) is 58.4 cm³/mol. The topological polar surface area (TPSA) is 53.7 Å². The minimum atomic E-state index is -0.346. The molecule has 88 valence electrons. The van der Waals surface area contributed by atoms with Gasteiger partial charge in [-0.05, 0) is 32.8 Å². The van der Waals surface area contributed by atoms with Crippen molar-refractivity contribution >= 4 is 5.91 Å². The highest BCUT2D eigenvalue weighted by atomic mass is 16.5. The lowest BCUT2D eigenvalue weighted by Crippen LogP contribution is -2.35. The Kier molecular flexibility index (Phi) is 3.01. The average Bonchev–Trinajstić information content (AvgIpc) is 2.85. The van der Waals surface area contributed by atoms with Crippen molar-refractivity contribution in [3.05, 3.63) is 23.2 Å². The molecule has 0 spiro atoms. The molecule has 4 heteroatoms. The molecule has 0 unspecified atom stereocenters. The lowest BCUT2D eigenvalue weighted by Gasteiger charge is -2.21. The third kappa shape index (κ3) is 1.97. The highest BCUT2D eigenvalue weighted by Crippen LogP contribution is 2.24. The largest absolute Gasteiger partial charge is 0.466 e. The van der Waals surface area contributed by atoms with Crippen LogP contribution >= 0.6 is 0 Å². The van der Waals surface area contributed by atoms with Gasteiger partial charge in [0.25, 0.3) is 5.91 Å². The number of hydrogen-bond acceptors (Lipinski definition) is 3. The Morgan fingerprint density at radius 2 is 2.06 bits per heavy atom. The molecule has 1 aliphatic carbocycles. The van der Waals surface area contributed by atoms with E-state index in [2.05, 4.69) is 0 Å². The Hall–Kier alpha value is -1.29. The molecule has 4 nitrogen and oxygen atoms in total. The van der Waals surface area contributed by atoms with Crippen molar-refractivity contribution in [1.82, 2.24) is 5.06 Å². The maximum absolute atomic E-state index is 12.0. The van der Waals surface area contributed by atoms with E-state index in [-0.39, 0.29) is 11.9 Å². The fourth-order valence-electron chi connectivity index (χ4n) is 2.28. The van der Waals surface area contributed by atoms with E-state index in [1.54, 1.807) is 19.9 Å². The first-order chi connectivity index (χ1) is 7.59. The Morgan fingerprint density at radius 3 is 2.56 bits per heavy atom. The molecule has 1 amide bonds. The summed E-state index contributed by atoms with van der Waals surface area (Å²) in [6, 6.07) is 1.65. The van der Waals surface area contributed by atoms with E-state index < -0.39 is 0 Å². The van der Waals surface area contributed by atoms with Crippen LogP contribution in [0.5, 0.6) is 0 Å². The highest BCUT2D eigenvalue weighted by molar-refractivity contribution is 5.94. The molecule has 1 heterocycles. The second-order valence-electron chi connectivity index (χ2n) is 4.41. The maximum atomic E-state index is 12.0. The molecule has 2 rings (SSSR count). The van der Waals surface area contributed by atoms with E-state index in [1.165, 1.54) is 0 Å². The number of carbonyl (C=O) groups excluding carboxylic acids is 1. The smallest absolute Gasteiger partial charge is 0.281 e. The van der Waals surface area contributed by atoms with Gasteiger partial charge in [0.05, 0.1) is 11.6 Å². The van der Waals surface area contributed by atoms with E-state index in [9.17, 15) is 10.0 Å². The van der Waals surface area contributed by atoms with E-state index in [0.717, 1.165) is 30.7 Å². The number of nitrogens with zero attached hydrogens (tertiary/aromatic N) is 1. The van der Waals surface area contributed by atoms with Crippen molar-refractivity contribution in [3.8, 4) is 0 Å². The summed E-state index contributed by atoms with van der Waals surface area (Å²) in [6.07, 6.45) is 3.94. The van der Waals surface area contributed by atoms with Crippen LogP contribution in [0, 0.1) is 13.8 Å². The number of carbonyl (C=O) groups is 1. The van der Waals surface area contributed by atoms with E-state index in [4.69, 9.17) is 4.42 Å². The standard InChI is InChI=1S/C12H17NO3/c1-8-7-11(9(2)16-8)12(14)13(15)10-5-3-4-6-10/h7,10,15H,3-6H2,1-2H3. The zero-order valence-electron chi connectivity index (χ0n) is 9.69. The van der Waals surface area contributed by atoms with Gasteiger partial charge in [-0.2, -0.15) is 0 Å². The first-order valence-electron chi connectivity index (χ1n) is 5.69. The van der Waals surface area contributed by atoms with Gasteiger partial charge in [0.15, 0.2) is 0 Å². The molecule has 0 aromatic carbocycles. The normalized spacial score (nSPS) is 16.7. The van der Waals surface area contributed by atoms with Gasteiger partial charge in [-0.1, -0.05) is 12.8 Å². The van der Waals surface area contributed by atoms with Crippen molar-refractivity contribution in [2.24, 2.45) is 0 Å². The van der Waals surface area contributed by atoms with E-state index >= 15 is 0 Å². The second kappa shape index (κ2) is 4.29. The Bertz CT molecular complexity index is 391. The maximum Gasteiger partial charge on any atom is 0.281 e. The molecule has 0 saturated heterocycles. The summed E-state index contributed by atoms with van der Waals surface area (Å²) in [6.45, 7) is 3.53. The zero-order chi connectivity index (χ0) is 11.7. The molecule has 1 fully saturated rings. The Morgan fingerprint density at radius 1 is 1.44 bits per heavy atom. The molecule has 0 aliphatic heterocycles. The van der Waals surface area contributed by atoms with Crippen LogP contribution in [0.2, 0.25) is 0 Å². The van der Waals surface area contributed by atoms with Gasteiger partial charge in [-0.3, -0.25) is 10.0 Å². The SMILES string of the molecule is Cc1cc(C(=O)N(O)C2CCCC2)c(C)o1. The number of rotatable bonds is 2. The third-order valence-electron chi connectivity index (χ3n) is 3.15. The van der Waals surface area contributed by atoms with Crippen molar-refractivity contribution in [2.75, 3.05) is 0 Å². The minimum absolute atomic E-state index is 0.0258. The van der Waals surface area contributed by atoms with Gasteiger partial charge in [0.2, 0.25) is 0 Å². The molecule has 1 aromatic rings. The summed E-state index contributed by atoms with van der Waals surface area (Å²) < 4.78 is 5.29. The number of amides is 1. The van der Waals surface area contributed by atoms with Crippen LogP contribution in [0.4, 0.5) is 0 Å². The van der Waals surface area contributed by atoms with E-state index in [1.807, 2.05) is 0 Å². The monoisotopic (exact) mass is 223 g/mol. The van der Waals surface area contributed by atoms with Gasteiger partial charge in [0, 0.05) is 0 Å². The predicted octanol–water partition coefficient (Wildman–Crippen LogP) is 2.67.